The number of benzene rings is 1. The maximum Gasteiger partial charge on any atom is 0.352 e. The Bertz CT molecular complexity index is 750. The lowest BCUT2D eigenvalue weighted by Gasteiger charge is -2.12. The molecule has 0 aliphatic rings. The van der Waals surface area contributed by atoms with Crippen LogP contribution in [0.15, 0.2) is 35.6 Å². The van der Waals surface area contributed by atoms with Crippen LogP contribution < -0.4 is 5.43 Å². The van der Waals surface area contributed by atoms with Crippen LogP contribution >= 0.6 is 0 Å². The summed E-state index contributed by atoms with van der Waals surface area (Å²) in [6, 6.07) is 2.45. The van der Waals surface area contributed by atoms with Crippen LogP contribution in [0, 0.1) is 11.6 Å². The van der Waals surface area contributed by atoms with Gasteiger partial charge in [-0.2, -0.15) is 0 Å². The van der Waals surface area contributed by atoms with Gasteiger partial charge in [0.1, 0.15) is 5.69 Å². The number of aromatic nitrogens is 1. The van der Waals surface area contributed by atoms with E-state index in [1.54, 1.807) is 0 Å². The van der Waals surface area contributed by atoms with Gasteiger partial charge in [0.2, 0.25) is 0 Å². The molecule has 0 bridgehead atoms. The standard InChI is InChI=1S/C13H9F2NO3/c1-2-3-16-10-5-9(15)8(14)4-7(10)12(17)6-11(16)13(18)19/h2,4-6H,1,3H2,(H,18,19). The predicted octanol–water partition coefficient (Wildman–Crippen LogP) is 2.16. The van der Waals surface area contributed by atoms with E-state index in [9.17, 15) is 18.4 Å². The maximum atomic E-state index is 13.3. The van der Waals surface area contributed by atoms with E-state index in [1.165, 1.54) is 10.6 Å². The minimum atomic E-state index is -1.33. The number of hydrogen-bond acceptors (Lipinski definition) is 2. The van der Waals surface area contributed by atoms with E-state index in [0.717, 1.165) is 18.2 Å². The van der Waals surface area contributed by atoms with Crippen molar-refractivity contribution in [2.24, 2.45) is 0 Å². The third-order valence-electron chi connectivity index (χ3n) is 2.68. The number of carboxylic acid groups (broad SMARTS) is 1. The van der Waals surface area contributed by atoms with Crippen molar-refractivity contribution in [2.75, 3.05) is 0 Å². The summed E-state index contributed by atoms with van der Waals surface area (Å²) in [6.45, 7) is 3.52. The second kappa shape index (κ2) is 4.64. The van der Waals surface area contributed by atoms with Crippen molar-refractivity contribution < 1.29 is 18.7 Å². The van der Waals surface area contributed by atoms with Gasteiger partial charge in [-0.25, -0.2) is 13.6 Å². The molecule has 0 spiro atoms. The zero-order valence-electron chi connectivity index (χ0n) is 9.69. The number of carbonyl (C=O) groups is 1. The molecule has 0 saturated carbocycles. The highest BCUT2D eigenvalue weighted by atomic mass is 19.2. The Labute approximate surface area is 106 Å². The molecule has 19 heavy (non-hydrogen) atoms. The van der Waals surface area contributed by atoms with Crippen LogP contribution in [-0.4, -0.2) is 15.6 Å². The molecule has 1 heterocycles. The first kappa shape index (κ1) is 12.9. The van der Waals surface area contributed by atoms with Gasteiger partial charge in [-0.05, 0) is 6.07 Å². The normalized spacial score (nSPS) is 10.6. The summed E-state index contributed by atoms with van der Waals surface area (Å²) >= 11 is 0. The SMILES string of the molecule is C=CCn1c(C(=O)O)cc(=O)c2cc(F)c(F)cc21. The van der Waals surface area contributed by atoms with Crippen LogP contribution in [0.2, 0.25) is 0 Å². The molecule has 0 unspecified atom stereocenters. The molecule has 1 aromatic heterocycles. The Kier molecular flexibility index (Phi) is 3.16. The third-order valence-corrected chi connectivity index (χ3v) is 2.68. The summed E-state index contributed by atoms with van der Waals surface area (Å²) in [6.07, 6.45) is 1.40. The van der Waals surface area contributed by atoms with Crippen molar-refractivity contribution >= 4 is 16.9 Å². The molecule has 0 amide bonds. The van der Waals surface area contributed by atoms with Gasteiger partial charge >= 0.3 is 5.97 Å². The minimum absolute atomic E-state index is 0.0173. The molecule has 1 aromatic carbocycles. The molecule has 0 aliphatic carbocycles. The smallest absolute Gasteiger partial charge is 0.352 e. The lowest BCUT2D eigenvalue weighted by Crippen LogP contribution is -2.18. The first-order chi connectivity index (χ1) is 8.95. The fourth-order valence-electron chi connectivity index (χ4n) is 1.87. The van der Waals surface area contributed by atoms with Crippen LogP contribution in [0.3, 0.4) is 0 Å². The highest BCUT2D eigenvalue weighted by molar-refractivity contribution is 5.90. The molecular formula is C13H9F2NO3. The molecule has 2 aromatic rings. The molecule has 0 atom stereocenters. The Morgan fingerprint density at radius 1 is 1.32 bits per heavy atom. The summed E-state index contributed by atoms with van der Waals surface area (Å²) in [5, 5.41) is 8.96. The molecule has 98 valence electrons. The first-order valence-electron chi connectivity index (χ1n) is 5.32. The number of aromatic carboxylic acids is 1. The lowest BCUT2D eigenvalue weighted by molar-refractivity contribution is 0.0685. The molecular weight excluding hydrogens is 256 g/mol. The number of carboxylic acids is 1. The first-order valence-corrected chi connectivity index (χ1v) is 5.32. The van der Waals surface area contributed by atoms with E-state index in [1.807, 2.05) is 0 Å². The fraction of sp³-hybridized carbons (Fsp3) is 0.0769. The summed E-state index contributed by atoms with van der Waals surface area (Å²) in [7, 11) is 0. The summed E-state index contributed by atoms with van der Waals surface area (Å²) in [5.41, 5.74) is -0.960. The highest BCUT2D eigenvalue weighted by Crippen LogP contribution is 2.18. The van der Waals surface area contributed by atoms with Crippen LogP contribution in [0.4, 0.5) is 8.78 Å². The van der Waals surface area contributed by atoms with Crippen molar-refractivity contribution in [2.45, 2.75) is 6.54 Å². The Balaban J connectivity index is 2.98. The number of nitrogens with zero attached hydrogens (tertiary/aromatic N) is 1. The molecule has 1 N–H and O–H groups in total. The third kappa shape index (κ3) is 2.12. The van der Waals surface area contributed by atoms with Gasteiger partial charge in [0.05, 0.1) is 5.52 Å². The largest absolute Gasteiger partial charge is 0.477 e. The number of hydrogen-bond donors (Lipinski definition) is 1. The van der Waals surface area contributed by atoms with Crippen LogP contribution in [0.25, 0.3) is 10.9 Å². The van der Waals surface area contributed by atoms with Crippen molar-refractivity contribution in [3.8, 4) is 0 Å². The average Bonchev–Trinajstić information content (AvgIpc) is 2.35. The second-order valence-electron chi connectivity index (χ2n) is 3.88. The summed E-state index contributed by atoms with van der Waals surface area (Å²) in [5.74, 6) is -3.63. The predicted molar refractivity (Wildman–Crippen MR) is 65.3 cm³/mol. The molecule has 0 fully saturated rings. The van der Waals surface area contributed by atoms with Crippen molar-refractivity contribution in [1.29, 1.82) is 0 Å². The van der Waals surface area contributed by atoms with E-state index < -0.39 is 23.0 Å². The monoisotopic (exact) mass is 265 g/mol. The number of fused-ring (bicyclic) bond motifs is 1. The van der Waals surface area contributed by atoms with Gasteiger partial charge in [-0.3, -0.25) is 4.79 Å². The molecule has 4 nitrogen and oxygen atoms in total. The minimum Gasteiger partial charge on any atom is -0.477 e. The van der Waals surface area contributed by atoms with E-state index in [4.69, 9.17) is 5.11 Å². The number of rotatable bonds is 3. The maximum absolute atomic E-state index is 13.3. The zero-order chi connectivity index (χ0) is 14.2. The molecule has 2 rings (SSSR count). The van der Waals surface area contributed by atoms with Crippen LogP contribution in [0.5, 0.6) is 0 Å². The number of halogens is 2. The van der Waals surface area contributed by atoms with Gasteiger partial charge in [-0.1, -0.05) is 6.08 Å². The van der Waals surface area contributed by atoms with Crippen molar-refractivity contribution in [3.05, 3.63) is 58.4 Å². The molecule has 0 saturated heterocycles. The van der Waals surface area contributed by atoms with E-state index in [-0.39, 0.29) is 23.1 Å². The van der Waals surface area contributed by atoms with Crippen LogP contribution in [0.1, 0.15) is 10.5 Å². The highest BCUT2D eigenvalue weighted by Gasteiger charge is 2.16. The van der Waals surface area contributed by atoms with Gasteiger partial charge < -0.3 is 9.67 Å². The van der Waals surface area contributed by atoms with E-state index >= 15 is 0 Å². The van der Waals surface area contributed by atoms with Crippen LogP contribution in [-0.2, 0) is 6.54 Å². The number of pyridine rings is 1. The molecule has 0 aliphatic heterocycles. The lowest BCUT2D eigenvalue weighted by atomic mass is 10.1. The topological polar surface area (TPSA) is 59.3 Å². The van der Waals surface area contributed by atoms with Gasteiger partial charge in [0, 0.05) is 24.1 Å². The summed E-state index contributed by atoms with van der Waals surface area (Å²) in [4.78, 5) is 22.8. The Morgan fingerprint density at radius 2 is 1.95 bits per heavy atom. The molecule has 6 heteroatoms. The van der Waals surface area contributed by atoms with Gasteiger partial charge in [0.15, 0.2) is 17.1 Å². The fourth-order valence-corrected chi connectivity index (χ4v) is 1.87. The van der Waals surface area contributed by atoms with Crippen molar-refractivity contribution in [1.82, 2.24) is 4.57 Å². The molecule has 0 radical (unpaired) electrons. The zero-order valence-corrected chi connectivity index (χ0v) is 9.69. The number of allylic oxidation sites excluding steroid dienone is 1. The second-order valence-corrected chi connectivity index (χ2v) is 3.88. The average molecular weight is 265 g/mol. The van der Waals surface area contributed by atoms with E-state index in [0.29, 0.717) is 0 Å². The van der Waals surface area contributed by atoms with Gasteiger partial charge in [-0.15, -0.1) is 6.58 Å². The quantitative estimate of drug-likeness (QED) is 0.865. The Morgan fingerprint density at radius 3 is 2.53 bits per heavy atom. The van der Waals surface area contributed by atoms with Gasteiger partial charge in [0.25, 0.3) is 0 Å². The van der Waals surface area contributed by atoms with E-state index in [2.05, 4.69) is 6.58 Å². The summed E-state index contributed by atoms with van der Waals surface area (Å²) < 4.78 is 27.6. The Hall–Kier alpha value is -2.50. The van der Waals surface area contributed by atoms with Crippen molar-refractivity contribution in [3.63, 3.8) is 0 Å².